The first-order chi connectivity index (χ1) is 9.25. The molecule has 19 heavy (non-hydrogen) atoms. The highest BCUT2D eigenvalue weighted by Gasteiger charge is 2.12. The number of nitro groups is 1. The lowest BCUT2D eigenvalue weighted by Crippen LogP contribution is -2.32. The fraction of sp³-hybridized carbons (Fsp3) is 0.571. The van der Waals surface area contributed by atoms with Crippen LogP contribution in [-0.2, 0) is 11.2 Å². The standard InChI is InChI=1S/C14H20N2O3/c17-16(18)14-5-3-12(4-6-14)7-9-19-11-13-2-1-8-15-10-13/h3-6,13,15H,1-2,7-11H2. The molecule has 0 radical (unpaired) electrons. The third-order valence-electron chi connectivity index (χ3n) is 3.43. The van der Waals surface area contributed by atoms with Crippen molar-refractivity contribution in [2.45, 2.75) is 19.3 Å². The van der Waals surface area contributed by atoms with Gasteiger partial charge in [0.15, 0.2) is 0 Å². The fourth-order valence-corrected chi connectivity index (χ4v) is 2.29. The number of nitrogens with zero attached hydrogens (tertiary/aromatic N) is 1. The average Bonchev–Trinajstić information content (AvgIpc) is 2.45. The average molecular weight is 264 g/mol. The molecule has 1 saturated heterocycles. The van der Waals surface area contributed by atoms with Gasteiger partial charge in [0.1, 0.15) is 0 Å². The lowest BCUT2D eigenvalue weighted by Gasteiger charge is -2.22. The van der Waals surface area contributed by atoms with E-state index in [2.05, 4.69) is 5.32 Å². The molecule has 0 saturated carbocycles. The highest BCUT2D eigenvalue weighted by atomic mass is 16.6. The number of rotatable bonds is 6. The molecule has 1 N–H and O–H groups in total. The SMILES string of the molecule is O=[N+]([O-])c1ccc(CCOCC2CCCNC2)cc1. The molecule has 1 aliphatic rings. The molecule has 1 unspecified atom stereocenters. The van der Waals surface area contributed by atoms with Gasteiger partial charge in [0.25, 0.3) is 5.69 Å². The van der Waals surface area contributed by atoms with Crippen molar-refractivity contribution < 1.29 is 9.66 Å². The molecule has 0 amide bonds. The number of hydrogen-bond acceptors (Lipinski definition) is 4. The topological polar surface area (TPSA) is 64.4 Å². The molecule has 0 spiro atoms. The number of hydrogen-bond donors (Lipinski definition) is 1. The Morgan fingerprint density at radius 3 is 2.79 bits per heavy atom. The number of nitro benzene ring substituents is 1. The summed E-state index contributed by atoms with van der Waals surface area (Å²) in [6.45, 7) is 3.66. The molecule has 1 heterocycles. The van der Waals surface area contributed by atoms with Crippen LogP contribution in [0.4, 0.5) is 5.69 Å². The van der Waals surface area contributed by atoms with Gasteiger partial charge in [-0.15, -0.1) is 0 Å². The zero-order valence-electron chi connectivity index (χ0n) is 11.0. The maximum atomic E-state index is 10.5. The Morgan fingerprint density at radius 1 is 1.37 bits per heavy atom. The Hall–Kier alpha value is -1.46. The molecule has 1 aromatic rings. The molecule has 0 aliphatic carbocycles. The van der Waals surface area contributed by atoms with E-state index in [1.165, 1.54) is 12.8 Å². The van der Waals surface area contributed by atoms with Crippen molar-refractivity contribution in [2.24, 2.45) is 5.92 Å². The monoisotopic (exact) mass is 264 g/mol. The van der Waals surface area contributed by atoms with Crippen molar-refractivity contribution in [1.82, 2.24) is 5.32 Å². The summed E-state index contributed by atoms with van der Waals surface area (Å²) in [7, 11) is 0. The van der Waals surface area contributed by atoms with E-state index >= 15 is 0 Å². The maximum absolute atomic E-state index is 10.5. The minimum absolute atomic E-state index is 0.137. The zero-order valence-corrected chi connectivity index (χ0v) is 11.0. The van der Waals surface area contributed by atoms with E-state index in [0.717, 1.165) is 31.7 Å². The molecule has 2 rings (SSSR count). The third kappa shape index (κ3) is 4.61. The minimum atomic E-state index is -0.379. The summed E-state index contributed by atoms with van der Waals surface area (Å²) in [5.74, 6) is 0.630. The van der Waals surface area contributed by atoms with Gasteiger partial charge in [0, 0.05) is 18.7 Å². The van der Waals surface area contributed by atoms with Gasteiger partial charge in [-0.3, -0.25) is 10.1 Å². The van der Waals surface area contributed by atoms with Crippen LogP contribution in [0.5, 0.6) is 0 Å². The summed E-state index contributed by atoms with van der Waals surface area (Å²) >= 11 is 0. The number of piperidine rings is 1. The van der Waals surface area contributed by atoms with Crippen LogP contribution in [0.15, 0.2) is 24.3 Å². The highest BCUT2D eigenvalue weighted by Crippen LogP contribution is 2.13. The first-order valence-corrected chi connectivity index (χ1v) is 6.77. The predicted molar refractivity (Wildman–Crippen MR) is 73.2 cm³/mol. The smallest absolute Gasteiger partial charge is 0.269 e. The first kappa shape index (κ1) is 14.0. The fourth-order valence-electron chi connectivity index (χ4n) is 2.29. The van der Waals surface area contributed by atoms with Crippen molar-refractivity contribution in [3.05, 3.63) is 39.9 Å². The van der Waals surface area contributed by atoms with Crippen molar-refractivity contribution in [3.8, 4) is 0 Å². The van der Waals surface area contributed by atoms with E-state index in [1.807, 2.05) is 0 Å². The Kier molecular flexibility index (Phi) is 5.30. The Balaban J connectivity index is 1.66. The van der Waals surface area contributed by atoms with Crippen LogP contribution in [0, 0.1) is 16.0 Å². The number of ether oxygens (including phenoxy) is 1. The Labute approximate surface area is 113 Å². The molecule has 1 atom stereocenters. The summed E-state index contributed by atoms with van der Waals surface area (Å²) in [6.07, 6.45) is 3.28. The van der Waals surface area contributed by atoms with Gasteiger partial charge in [-0.05, 0) is 37.3 Å². The second-order valence-corrected chi connectivity index (χ2v) is 4.96. The van der Waals surface area contributed by atoms with Crippen molar-refractivity contribution >= 4 is 5.69 Å². The predicted octanol–water partition coefficient (Wildman–Crippen LogP) is 2.15. The molecule has 5 nitrogen and oxygen atoms in total. The summed E-state index contributed by atoms with van der Waals surface area (Å²) in [6, 6.07) is 6.67. The van der Waals surface area contributed by atoms with Gasteiger partial charge in [-0.1, -0.05) is 12.1 Å². The molecular formula is C14H20N2O3. The van der Waals surface area contributed by atoms with Crippen LogP contribution in [0.3, 0.4) is 0 Å². The van der Waals surface area contributed by atoms with Gasteiger partial charge in [0.2, 0.25) is 0 Å². The van der Waals surface area contributed by atoms with Gasteiger partial charge in [-0.25, -0.2) is 0 Å². The lowest BCUT2D eigenvalue weighted by molar-refractivity contribution is -0.384. The molecule has 0 bridgehead atoms. The summed E-state index contributed by atoms with van der Waals surface area (Å²) < 4.78 is 5.68. The van der Waals surface area contributed by atoms with Gasteiger partial charge >= 0.3 is 0 Å². The van der Waals surface area contributed by atoms with Crippen LogP contribution in [-0.4, -0.2) is 31.2 Å². The van der Waals surface area contributed by atoms with Crippen molar-refractivity contribution in [2.75, 3.05) is 26.3 Å². The summed E-state index contributed by atoms with van der Waals surface area (Å²) in [5, 5.41) is 13.9. The first-order valence-electron chi connectivity index (χ1n) is 6.77. The quantitative estimate of drug-likeness (QED) is 0.486. The number of nitrogens with one attached hydrogen (secondary N) is 1. The lowest BCUT2D eigenvalue weighted by atomic mass is 10.0. The van der Waals surface area contributed by atoms with Crippen LogP contribution < -0.4 is 5.32 Å². The van der Waals surface area contributed by atoms with Gasteiger partial charge in [-0.2, -0.15) is 0 Å². The maximum Gasteiger partial charge on any atom is 0.269 e. The number of benzene rings is 1. The van der Waals surface area contributed by atoms with Crippen LogP contribution in [0.25, 0.3) is 0 Å². The largest absolute Gasteiger partial charge is 0.381 e. The molecule has 1 aliphatic heterocycles. The second kappa shape index (κ2) is 7.21. The Bertz CT molecular complexity index is 400. The minimum Gasteiger partial charge on any atom is -0.381 e. The Morgan fingerprint density at radius 2 is 2.16 bits per heavy atom. The van der Waals surface area contributed by atoms with Gasteiger partial charge in [0.05, 0.1) is 18.1 Å². The normalized spacial score (nSPS) is 19.3. The van der Waals surface area contributed by atoms with E-state index in [9.17, 15) is 10.1 Å². The highest BCUT2D eigenvalue weighted by molar-refractivity contribution is 5.32. The van der Waals surface area contributed by atoms with Gasteiger partial charge < -0.3 is 10.1 Å². The molecular weight excluding hydrogens is 244 g/mol. The van der Waals surface area contributed by atoms with E-state index in [0.29, 0.717) is 12.5 Å². The zero-order chi connectivity index (χ0) is 13.5. The van der Waals surface area contributed by atoms with Crippen LogP contribution in [0.1, 0.15) is 18.4 Å². The molecule has 104 valence electrons. The second-order valence-electron chi connectivity index (χ2n) is 4.96. The van der Waals surface area contributed by atoms with Crippen molar-refractivity contribution in [1.29, 1.82) is 0 Å². The third-order valence-corrected chi connectivity index (χ3v) is 3.43. The summed E-state index contributed by atoms with van der Waals surface area (Å²) in [5.41, 5.74) is 1.21. The molecule has 1 aromatic carbocycles. The van der Waals surface area contributed by atoms with Crippen LogP contribution in [0.2, 0.25) is 0 Å². The molecule has 1 fully saturated rings. The molecule has 0 aromatic heterocycles. The van der Waals surface area contributed by atoms with E-state index in [-0.39, 0.29) is 10.6 Å². The van der Waals surface area contributed by atoms with E-state index in [4.69, 9.17) is 4.74 Å². The van der Waals surface area contributed by atoms with E-state index in [1.54, 1.807) is 24.3 Å². The van der Waals surface area contributed by atoms with E-state index < -0.39 is 0 Å². The van der Waals surface area contributed by atoms with Crippen molar-refractivity contribution in [3.63, 3.8) is 0 Å². The number of non-ortho nitro benzene ring substituents is 1. The summed E-state index contributed by atoms with van der Waals surface area (Å²) in [4.78, 5) is 10.1. The van der Waals surface area contributed by atoms with Crippen LogP contribution >= 0.6 is 0 Å². The molecule has 5 heteroatoms.